The Hall–Kier alpha value is -1.13. The minimum absolute atomic E-state index is 0.111. The maximum atomic E-state index is 12.6. The van der Waals surface area contributed by atoms with Crippen LogP contribution in [0.25, 0.3) is 0 Å². The smallest absolute Gasteiger partial charge is 0.263 e. The molecule has 0 amide bonds. The van der Waals surface area contributed by atoms with E-state index in [9.17, 15) is 8.42 Å². The summed E-state index contributed by atoms with van der Waals surface area (Å²) in [6.07, 6.45) is 8.05. The number of hydrogen-bond donors (Lipinski definition) is 0. The van der Waals surface area contributed by atoms with Gasteiger partial charge in [0.1, 0.15) is 0 Å². The Balaban J connectivity index is 1.38. The van der Waals surface area contributed by atoms with Gasteiger partial charge in [-0.05, 0) is 73.8 Å². The van der Waals surface area contributed by atoms with Crippen molar-refractivity contribution in [1.29, 1.82) is 0 Å². The lowest BCUT2D eigenvalue weighted by Crippen LogP contribution is -2.36. The van der Waals surface area contributed by atoms with Crippen LogP contribution in [0.2, 0.25) is 0 Å². The first-order chi connectivity index (χ1) is 11.0. The quantitative estimate of drug-likeness (QED) is 0.484. The molecule has 5 rings (SSSR count). The van der Waals surface area contributed by atoms with Gasteiger partial charge in [-0.2, -0.15) is 8.42 Å². The second kappa shape index (κ2) is 4.70. The number of benzene rings is 1. The minimum atomic E-state index is -3.64. The van der Waals surface area contributed by atoms with Gasteiger partial charge in [-0.3, -0.25) is 4.18 Å². The van der Waals surface area contributed by atoms with E-state index in [0.717, 1.165) is 30.2 Å². The van der Waals surface area contributed by atoms with Gasteiger partial charge in [0.15, 0.2) is 0 Å². The van der Waals surface area contributed by atoms with Gasteiger partial charge in [0.25, 0.3) is 10.1 Å². The summed E-state index contributed by atoms with van der Waals surface area (Å²) >= 11 is 0. The van der Waals surface area contributed by atoms with Crippen molar-refractivity contribution in [2.24, 2.45) is 35.5 Å². The second-order valence-corrected chi connectivity index (χ2v) is 9.47. The largest absolute Gasteiger partial charge is 0.297 e. The van der Waals surface area contributed by atoms with E-state index < -0.39 is 10.1 Å². The molecular formula is C19H22O3S. The van der Waals surface area contributed by atoms with E-state index in [1.54, 1.807) is 12.1 Å². The average molecular weight is 330 g/mol. The third-order valence-electron chi connectivity index (χ3n) is 6.77. The summed E-state index contributed by atoms with van der Waals surface area (Å²) in [5.74, 6) is 4.01. The van der Waals surface area contributed by atoms with Gasteiger partial charge < -0.3 is 0 Å². The number of rotatable bonds is 3. The lowest BCUT2D eigenvalue weighted by atomic mass is 9.72. The standard InChI is InChI=1S/C19H22O3S/c1-11-2-6-15(7-3-11)23(20,21)22-17-10-14-9-16(17)19-13-5-4-12(8-13)18(14)19/h2-7,12-14,16-19H,8-10H2,1H3. The molecule has 3 nitrogen and oxygen atoms in total. The molecule has 4 bridgehead atoms. The SMILES string of the molecule is Cc1ccc(S(=O)(=O)OC2CC3CC2C2C4C=CC(C4)C32)cc1. The van der Waals surface area contributed by atoms with Crippen molar-refractivity contribution in [3.8, 4) is 0 Å². The van der Waals surface area contributed by atoms with Crippen molar-refractivity contribution in [1.82, 2.24) is 0 Å². The predicted octanol–water partition coefficient (Wildman–Crippen LogP) is 3.55. The van der Waals surface area contributed by atoms with E-state index in [2.05, 4.69) is 12.2 Å². The second-order valence-electron chi connectivity index (χ2n) is 7.90. The summed E-state index contributed by atoms with van der Waals surface area (Å²) in [5.41, 5.74) is 1.06. The molecule has 4 heteroatoms. The molecule has 0 heterocycles. The van der Waals surface area contributed by atoms with Crippen molar-refractivity contribution >= 4 is 10.1 Å². The summed E-state index contributed by atoms with van der Waals surface area (Å²) < 4.78 is 30.9. The van der Waals surface area contributed by atoms with Crippen LogP contribution in [0, 0.1) is 42.4 Å². The van der Waals surface area contributed by atoms with Gasteiger partial charge in [-0.1, -0.05) is 29.8 Å². The van der Waals surface area contributed by atoms with E-state index in [0.29, 0.717) is 23.7 Å². The van der Waals surface area contributed by atoms with Crippen molar-refractivity contribution < 1.29 is 12.6 Å². The topological polar surface area (TPSA) is 43.4 Å². The number of hydrogen-bond acceptors (Lipinski definition) is 3. The molecule has 122 valence electrons. The molecule has 0 spiro atoms. The third kappa shape index (κ3) is 2.01. The fourth-order valence-corrected chi connectivity index (χ4v) is 7.12. The Labute approximate surface area is 137 Å². The molecule has 7 atom stereocenters. The molecule has 23 heavy (non-hydrogen) atoms. The maximum absolute atomic E-state index is 12.6. The van der Waals surface area contributed by atoms with E-state index in [4.69, 9.17) is 4.18 Å². The van der Waals surface area contributed by atoms with Crippen molar-refractivity contribution in [2.75, 3.05) is 0 Å². The highest BCUT2D eigenvalue weighted by Crippen LogP contribution is 2.66. The fraction of sp³-hybridized carbons (Fsp3) is 0.579. The average Bonchev–Trinajstić information content (AvgIpc) is 3.26. The predicted molar refractivity (Wildman–Crippen MR) is 87.2 cm³/mol. The molecule has 0 radical (unpaired) electrons. The summed E-state index contributed by atoms with van der Waals surface area (Å²) in [6, 6.07) is 6.96. The lowest BCUT2D eigenvalue weighted by molar-refractivity contribution is 0.0712. The summed E-state index contributed by atoms with van der Waals surface area (Å²) in [4.78, 5) is 0.287. The number of fused-ring (bicyclic) bond motifs is 9. The molecule has 4 aliphatic rings. The van der Waals surface area contributed by atoms with Gasteiger partial charge >= 0.3 is 0 Å². The fourth-order valence-electron chi connectivity index (χ4n) is 5.99. The monoisotopic (exact) mass is 330 g/mol. The first-order valence-corrected chi connectivity index (χ1v) is 10.1. The zero-order valence-corrected chi connectivity index (χ0v) is 14.1. The molecule has 0 aliphatic heterocycles. The van der Waals surface area contributed by atoms with Crippen LogP contribution in [0.3, 0.4) is 0 Å². The Morgan fingerprint density at radius 2 is 1.65 bits per heavy atom. The van der Waals surface area contributed by atoms with Gasteiger partial charge in [0, 0.05) is 0 Å². The molecule has 4 aliphatic carbocycles. The zero-order chi connectivity index (χ0) is 15.8. The third-order valence-corrected chi connectivity index (χ3v) is 8.12. The Bertz CT molecular complexity index is 764. The minimum Gasteiger partial charge on any atom is -0.263 e. The Morgan fingerprint density at radius 1 is 0.957 bits per heavy atom. The summed E-state index contributed by atoms with van der Waals surface area (Å²) in [5, 5.41) is 0. The van der Waals surface area contributed by atoms with Crippen LogP contribution in [0.1, 0.15) is 24.8 Å². The van der Waals surface area contributed by atoms with Crippen LogP contribution in [0.4, 0.5) is 0 Å². The van der Waals surface area contributed by atoms with Crippen LogP contribution >= 0.6 is 0 Å². The lowest BCUT2D eigenvalue weighted by Gasteiger charge is -2.36. The van der Waals surface area contributed by atoms with E-state index in [-0.39, 0.29) is 11.0 Å². The molecule has 0 saturated heterocycles. The van der Waals surface area contributed by atoms with E-state index in [1.807, 2.05) is 19.1 Å². The van der Waals surface area contributed by atoms with E-state index >= 15 is 0 Å². The molecular weight excluding hydrogens is 308 g/mol. The van der Waals surface area contributed by atoms with Crippen molar-refractivity contribution in [3.63, 3.8) is 0 Å². The van der Waals surface area contributed by atoms with Gasteiger partial charge in [0.05, 0.1) is 11.0 Å². The normalized spacial score (nSPS) is 43.3. The first kappa shape index (κ1) is 14.2. The molecule has 7 unspecified atom stereocenters. The zero-order valence-electron chi connectivity index (χ0n) is 13.3. The van der Waals surface area contributed by atoms with E-state index in [1.165, 1.54) is 6.42 Å². The summed E-state index contributed by atoms with van der Waals surface area (Å²) in [6.45, 7) is 1.95. The molecule has 1 aromatic carbocycles. The molecule has 0 aromatic heterocycles. The van der Waals surface area contributed by atoms with Crippen LogP contribution < -0.4 is 0 Å². The molecule has 3 fully saturated rings. The van der Waals surface area contributed by atoms with Crippen molar-refractivity contribution in [2.45, 2.75) is 37.2 Å². The van der Waals surface area contributed by atoms with Gasteiger partial charge in [0.2, 0.25) is 0 Å². The maximum Gasteiger partial charge on any atom is 0.297 e. The molecule has 1 aromatic rings. The highest BCUT2D eigenvalue weighted by Gasteiger charge is 2.61. The van der Waals surface area contributed by atoms with Crippen LogP contribution in [0.5, 0.6) is 0 Å². The molecule has 3 saturated carbocycles. The molecule has 0 N–H and O–H groups in total. The van der Waals surface area contributed by atoms with Gasteiger partial charge in [-0.15, -0.1) is 0 Å². The number of allylic oxidation sites excluding steroid dienone is 2. The van der Waals surface area contributed by atoms with Crippen molar-refractivity contribution in [3.05, 3.63) is 42.0 Å². The van der Waals surface area contributed by atoms with Gasteiger partial charge in [-0.25, -0.2) is 0 Å². The number of aryl methyl sites for hydroxylation is 1. The Kier molecular flexibility index (Phi) is 2.91. The van der Waals surface area contributed by atoms with Crippen LogP contribution in [-0.2, 0) is 14.3 Å². The highest BCUT2D eigenvalue weighted by atomic mass is 32.2. The van der Waals surface area contributed by atoms with Crippen LogP contribution in [-0.4, -0.2) is 14.5 Å². The Morgan fingerprint density at radius 3 is 2.39 bits per heavy atom. The highest BCUT2D eigenvalue weighted by molar-refractivity contribution is 7.86. The first-order valence-electron chi connectivity index (χ1n) is 8.71. The summed E-state index contributed by atoms with van der Waals surface area (Å²) in [7, 11) is -3.64. The van der Waals surface area contributed by atoms with Crippen LogP contribution in [0.15, 0.2) is 41.3 Å².